The molecule has 0 saturated heterocycles. The van der Waals surface area contributed by atoms with Gasteiger partial charge in [-0.2, -0.15) is 0 Å². The molecule has 1 atom stereocenters. The summed E-state index contributed by atoms with van der Waals surface area (Å²) in [7, 11) is 2.74. The van der Waals surface area contributed by atoms with Crippen LogP contribution in [0.4, 0.5) is 0 Å². The van der Waals surface area contributed by atoms with Crippen LogP contribution < -0.4 is 0 Å². The SMILES string of the molecule is CCCC(SCCC(=O)OC)C(=O)OC. The van der Waals surface area contributed by atoms with Crippen molar-refractivity contribution in [1.29, 1.82) is 0 Å². The first-order valence-electron chi connectivity index (χ1n) is 4.91. The molecule has 0 fully saturated rings. The molecule has 0 aliphatic carbocycles. The van der Waals surface area contributed by atoms with Gasteiger partial charge >= 0.3 is 11.9 Å². The molecule has 0 spiro atoms. The molecule has 0 aromatic rings. The second kappa shape index (κ2) is 8.59. The van der Waals surface area contributed by atoms with Crippen molar-refractivity contribution in [1.82, 2.24) is 0 Å². The van der Waals surface area contributed by atoms with Gasteiger partial charge in [0.05, 0.1) is 20.6 Å². The Balaban J connectivity index is 3.85. The standard InChI is InChI=1S/C10H18O4S/c1-4-5-8(10(12)14-3)15-7-6-9(11)13-2/h8H,4-7H2,1-3H3. The number of esters is 2. The van der Waals surface area contributed by atoms with Crippen LogP contribution in [0.1, 0.15) is 26.2 Å². The minimum Gasteiger partial charge on any atom is -0.469 e. The number of carbonyl (C=O) groups is 2. The van der Waals surface area contributed by atoms with Gasteiger partial charge in [-0.25, -0.2) is 0 Å². The minimum absolute atomic E-state index is 0.162. The van der Waals surface area contributed by atoms with E-state index in [1.54, 1.807) is 0 Å². The highest BCUT2D eigenvalue weighted by Gasteiger charge is 2.18. The van der Waals surface area contributed by atoms with E-state index in [0.717, 1.165) is 12.8 Å². The van der Waals surface area contributed by atoms with Gasteiger partial charge in [0.2, 0.25) is 0 Å². The lowest BCUT2D eigenvalue weighted by Gasteiger charge is -2.12. The van der Waals surface area contributed by atoms with Crippen LogP contribution in [-0.4, -0.2) is 37.2 Å². The molecule has 0 heterocycles. The van der Waals surface area contributed by atoms with Crippen LogP contribution in [0.3, 0.4) is 0 Å². The predicted octanol–water partition coefficient (Wildman–Crippen LogP) is 1.62. The maximum absolute atomic E-state index is 11.3. The molecule has 5 heteroatoms. The van der Waals surface area contributed by atoms with Gasteiger partial charge in [-0.15, -0.1) is 11.8 Å². The zero-order valence-corrected chi connectivity index (χ0v) is 10.3. The van der Waals surface area contributed by atoms with Crippen molar-refractivity contribution in [3.05, 3.63) is 0 Å². The first-order valence-corrected chi connectivity index (χ1v) is 5.96. The van der Waals surface area contributed by atoms with E-state index in [2.05, 4.69) is 9.47 Å². The highest BCUT2D eigenvalue weighted by Crippen LogP contribution is 2.18. The van der Waals surface area contributed by atoms with Crippen LogP contribution in [0.5, 0.6) is 0 Å². The summed E-state index contributed by atoms with van der Waals surface area (Å²) in [6, 6.07) is 0. The molecular formula is C10H18O4S. The average Bonchev–Trinajstić information content (AvgIpc) is 2.26. The van der Waals surface area contributed by atoms with E-state index in [4.69, 9.17) is 0 Å². The fraction of sp³-hybridized carbons (Fsp3) is 0.800. The summed E-state index contributed by atoms with van der Waals surface area (Å²) in [5, 5.41) is -0.162. The molecule has 15 heavy (non-hydrogen) atoms. The third kappa shape index (κ3) is 6.38. The van der Waals surface area contributed by atoms with E-state index in [-0.39, 0.29) is 17.2 Å². The van der Waals surface area contributed by atoms with Gasteiger partial charge in [-0.1, -0.05) is 13.3 Å². The maximum atomic E-state index is 11.3. The van der Waals surface area contributed by atoms with Crippen molar-refractivity contribution in [2.75, 3.05) is 20.0 Å². The number of hydrogen-bond acceptors (Lipinski definition) is 5. The second-order valence-corrected chi connectivity index (χ2v) is 4.31. The molecule has 0 aliphatic heterocycles. The van der Waals surface area contributed by atoms with Crippen molar-refractivity contribution < 1.29 is 19.1 Å². The van der Waals surface area contributed by atoms with E-state index in [1.165, 1.54) is 26.0 Å². The number of carbonyl (C=O) groups excluding carboxylic acids is 2. The Kier molecular flexibility index (Phi) is 8.18. The number of ether oxygens (including phenoxy) is 2. The van der Waals surface area contributed by atoms with Crippen molar-refractivity contribution >= 4 is 23.7 Å². The van der Waals surface area contributed by atoms with E-state index >= 15 is 0 Å². The monoisotopic (exact) mass is 234 g/mol. The minimum atomic E-state index is -0.248. The van der Waals surface area contributed by atoms with Gasteiger partial charge in [0.15, 0.2) is 0 Å². The van der Waals surface area contributed by atoms with Gasteiger partial charge < -0.3 is 9.47 Å². The summed E-state index contributed by atoms with van der Waals surface area (Å²) < 4.78 is 9.18. The molecule has 0 radical (unpaired) electrons. The summed E-state index contributed by atoms with van der Waals surface area (Å²) >= 11 is 1.45. The van der Waals surface area contributed by atoms with E-state index < -0.39 is 0 Å². The molecule has 0 bridgehead atoms. The van der Waals surface area contributed by atoms with E-state index in [0.29, 0.717) is 12.2 Å². The molecule has 0 rings (SSSR count). The van der Waals surface area contributed by atoms with E-state index in [9.17, 15) is 9.59 Å². The zero-order chi connectivity index (χ0) is 11.7. The Bertz CT molecular complexity index is 206. The van der Waals surface area contributed by atoms with Crippen LogP contribution in [0, 0.1) is 0 Å². The number of methoxy groups -OCH3 is 2. The van der Waals surface area contributed by atoms with Crippen molar-refractivity contribution in [2.45, 2.75) is 31.4 Å². The molecule has 4 nitrogen and oxygen atoms in total. The quantitative estimate of drug-likeness (QED) is 0.627. The first-order chi connectivity index (χ1) is 7.15. The maximum Gasteiger partial charge on any atom is 0.318 e. The number of rotatable bonds is 7. The predicted molar refractivity (Wildman–Crippen MR) is 59.8 cm³/mol. The molecule has 0 saturated carbocycles. The molecule has 0 amide bonds. The average molecular weight is 234 g/mol. The Hall–Kier alpha value is -0.710. The summed E-state index contributed by atoms with van der Waals surface area (Å²) in [5.41, 5.74) is 0. The number of hydrogen-bond donors (Lipinski definition) is 0. The zero-order valence-electron chi connectivity index (χ0n) is 9.45. The summed E-state index contributed by atoms with van der Waals surface area (Å²) in [5.74, 6) is 0.126. The topological polar surface area (TPSA) is 52.6 Å². The summed E-state index contributed by atoms with van der Waals surface area (Å²) in [4.78, 5) is 22.1. The van der Waals surface area contributed by atoms with Crippen molar-refractivity contribution in [3.8, 4) is 0 Å². The van der Waals surface area contributed by atoms with Gasteiger partial charge in [-0.3, -0.25) is 9.59 Å². The number of thioether (sulfide) groups is 1. The molecule has 88 valence electrons. The molecule has 0 aromatic carbocycles. The molecular weight excluding hydrogens is 216 g/mol. The van der Waals surface area contributed by atoms with Gasteiger partial charge in [0, 0.05) is 5.75 Å². The third-order valence-electron chi connectivity index (χ3n) is 1.87. The Labute approximate surface area is 94.7 Å². The lowest BCUT2D eigenvalue weighted by Crippen LogP contribution is -2.19. The van der Waals surface area contributed by atoms with Crippen molar-refractivity contribution in [2.24, 2.45) is 0 Å². The van der Waals surface area contributed by atoms with Gasteiger partial charge in [0.25, 0.3) is 0 Å². The Morgan fingerprint density at radius 1 is 1.27 bits per heavy atom. The van der Waals surface area contributed by atoms with Crippen LogP contribution in [0.2, 0.25) is 0 Å². The fourth-order valence-corrected chi connectivity index (χ4v) is 2.25. The lowest BCUT2D eigenvalue weighted by atomic mass is 10.2. The largest absolute Gasteiger partial charge is 0.469 e. The molecule has 0 aliphatic rings. The van der Waals surface area contributed by atoms with Crippen LogP contribution in [-0.2, 0) is 19.1 Å². The summed E-state index contributed by atoms with van der Waals surface area (Å²) in [6.07, 6.45) is 2.03. The van der Waals surface area contributed by atoms with Crippen LogP contribution in [0.25, 0.3) is 0 Å². The first kappa shape index (κ1) is 14.3. The lowest BCUT2D eigenvalue weighted by molar-refractivity contribution is -0.141. The van der Waals surface area contributed by atoms with Crippen LogP contribution in [0.15, 0.2) is 0 Å². The highest BCUT2D eigenvalue weighted by molar-refractivity contribution is 8.00. The summed E-state index contributed by atoms with van der Waals surface area (Å²) in [6.45, 7) is 2.01. The smallest absolute Gasteiger partial charge is 0.318 e. The Morgan fingerprint density at radius 3 is 2.40 bits per heavy atom. The van der Waals surface area contributed by atoms with Crippen LogP contribution >= 0.6 is 11.8 Å². The highest BCUT2D eigenvalue weighted by atomic mass is 32.2. The van der Waals surface area contributed by atoms with E-state index in [1.807, 2.05) is 6.92 Å². The molecule has 0 aromatic heterocycles. The van der Waals surface area contributed by atoms with Crippen molar-refractivity contribution in [3.63, 3.8) is 0 Å². The van der Waals surface area contributed by atoms with Gasteiger partial charge in [-0.05, 0) is 6.42 Å². The van der Waals surface area contributed by atoms with Gasteiger partial charge in [0.1, 0.15) is 5.25 Å². The third-order valence-corrected chi connectivity index (χ3v) is 3.14. The molecule has 0 N–H and O–H groups in total. The fourth-order valence-electron chi connectivity index (χ4n) is 1.05. The molecule has 1 unspecified atom stereocenters. The second-order valence-electron chi connectivity index (χ2n) is 3.00. The Morgan fingerprint density at radius 2 is 1.93 bits per heavy atom. The normalized spacial score (nSPS) is 11.9.